The van der Waals surface area contributed by atoms with E-state index in [4.69, 9.17) is 4.74 Å². The summed E-state index contributed by atoms with van der Waals surface area (Å²) in [6, 6.07) is 7.57. The molecule has 24 heavy (non-hydrogen) atoms. The predicted octanol–water partition coefficient (Wildman–Crippen LogP) is 3.26. The molecule has 0 radical (unpaired) electrons. The second kappa shape index (κ2) is 8.59. The van der Waals surface area contributed by atoms with Crippen molar-refractivity contribution in [1.82, 2.24) is 14.8 Å². The maximum atomic E-state index is 12.0. The smallest absolute Gasteiger partial charge is 0.226 e. The quantitative estimate of drug-likeness (QED) is 0.806. The molecule has 0 saturated heterocycles. The van der Waals surface area contributed by atoms with Gasteiger partial charge in [-0.3, -0.25) is 4.79 Å². The number of nitrogens with one attached hydrogen (secondary N) is 1. The van der Waals surface area contributed by atoms with Crippen molar-refractivity contribution in [3.8, 4) is 11.4 Å². The van der Waals surface area contributed by atoms with Gasteiger partial charge in [0.25, 0.3) is 0 Å². The van der Waals surface area contributed by atoms with Crippen molar-refractivity contribution in [2.45, 2.75) is 39.7 Å². The van der Waals surface area contributed by atoms with Crippen molar-refractivity contribution < 1.29 is 9.53 Å². The number of hydrogen-bond acceptors (Lipinski definition) is 4. The molecule has 2 rings (SSSR count). The minimum absolute atomic E-state index is 0.0434. The molecule has 0 saturated carbocycles. The summed E-state index contributed by atoms with van der Waals surface area (Å²) in [7, 11) is 1.89. The van der Waals surface area contributed by atoms with Gasteiger partial charge in [0.2, 0.25) is 5.91 Å². The van der Waals surface area contributed by atoms with E-state index in [2.05, 4.69) is 29.4 Å². The van der Waals surface area contributed by atoms with Gasteiger partial charge < -0.3 is 14.6 Å². The SMILES string of the molecule is CC(C)CC(C)OCCC(=O)Nc1ccc(-c2nncn2C)cc1. The first-order chi connectivity index (χ1) is 11.5. The normalized spacial score (nSPS) is 12.4. The lowest BCUT2D eigenvalue weighted by atomic mass is 10.1. The van der Waals surface area contributed by atoms with Gasteiger partial charge >= 0.3 is 0 Å². The molecule has 1 atom stereocenters. The zero-order chi connectivity index (χ0) is 17.5. The molecular formula is C18H26N4O2. The Hall–Kier alpha value is -2.21. The monoisotopic (exact) mass is 330 g/mol. The second-order valence-electron chi connectivity index (χ2n) is 6.45. The van der Waals surface area contributed by atoms with Gasteiger partial charge in [0.15, 0.2) is 5.82 Å². The number of hydrogen-bond donors (Lipinski definition) is 1. The van der Waals surface area contributed by atoms with Crippen molar-refractivity contribution in [2.24, 2.45) is 13.0 Å². The molecule has 1 amide bonds. The number of rotatable bonds is 8. The van der Waals surface area contributed by atoms with Crippen LogP contribution in [0.25, 0.3) is 11.4 Å². The van der Waals surface area contributed by atoms with E-state index in [-0.39, 0.29) is 12.0 Å². The highest BCUT2D eigenvalue weighted by Gasteiger charge is 2.08. The van der Waals surface area contributed by atoms with E-state index in [1.807, 2.05) is 42.8 Å². The van der Waals surface area contributed by atoms with Crippen molar-refractivity contribution in [2.75, 3.05) is 11.9 Å². The van der Waals surface area contributed by atoms with E-state index >= 15 is 0 Å². The molecule has 0 bridgehead atoms. The molecule has 2 aromatic rings. The van der Waals surface area contributed by atoms with Crippen LogP contribution in [0.1, 0.15) is 33.6 Å². The molecule has 6 heteroatoms. The first-order valence-electron chi connectivity index (χ1n) is 8.31. The van der Waals surface area contributed by atoms with Gasteiger partial charge in [0.1, 0.15) is 6.33 Å². The fourth-order valence-electron chi connectivity index (χ4n) is 2.56. The van der Waals surface area contributed by atoms with Crippen LogP contribution in [0.2, 0.25) is 0 Å². The first-order valence-corrected chi connectivity index (χ1v) is 8.31. The topological polar surface area (TPSA) is 69.0 Å². The summed E-state index contributed by atoms with van der Waals surface area (Å²) in [6.07, 6.45) is 3.20. The molecule has 6 nitrogen and oxygen atoms in total. The summed E-state index contributed by atoms with van der Waals surface area (Å²) in [5.74, 6) is 1.35. The van der Waals surface area contributed by atoms with Gasteiger partial charge in [-0.2, -0.15) is 0 Å². The zero-order valence-electron chi connectivity index (χ0n) is 14.8. The number of aromatic nitrogens is 3. The third-order valence-electron chi connectivity index (χ3n) is 3.67. The molecule has 0 spiro atoms. The van der Waals surface area contributed by atoms with Gasteiger partial charge in [-0.25, -0.2) is 0 Å². The number of amides is 1. The van der Waals surface area contributed by atoms with Gasteiger partial charge in [0.05, 0.1) is 19.1 Å². The average Bonchev–Trinajstić information content (AvgIpc) is 2.93. The van der Waals surface area contributed by atoms with Crippen LogP contribution in [0, 0.1) is 5.92 Å². The average molecular weight is 330 g/mol. The van der Waals surface area contributed by atoms with E-state index in [0.29, 0.717) is 18.9 Å². The van der Waals surface area contributed by atoms with Crippen molar-refractivity contribution in [1.29, 1.82) is 0 Å². The third kappa shape index (κ3) is 5.45. The van der Waals surface area contributed by atoms with Gasteiger partial charge in [-0.1, -0.05) is 13.8 Å². The fraction of sp³-hybridized carbons (Fsp3) is 0.500. The Bertz CT molecular complexity index is 649. The van der Waals surface area contributed by atoms with Crippen LogP contribution >= 0.6 is 0 Å². The highest BCUT2D eigenvalue weighted by atomic mass is 16.5. The number of nitrogens with zero attached hydrogens (tertiary/aromatic N) is 3. The third-order valence-corrected chi connectivity index (χ3v) is 3.67. The van der Waals surface area contributed by atoms with Crippen LogP contribution in [0.3, 0.4) is 0 Å². The van der Waals surface area contributed by atoms with Crippen molar-refractivity contribution in [3.05, 3.63) is 30.6 Å². The van der Waals surface area contributed by atoms with E-state index < -0.39 is 0 Å². The summed E-state index contributed by atoms with van der Waals surface area (Å²) >= 11 is 0. The summed E-state index contributed by atoms with van der Waals surface area (Å²) in [4.78, 5) is 12.0. The van der Waals surface area contributed by atoms with Crippen LogP contribution in [-0.4, -0.2) is 33.4 Å². The summed E-state index contributed by atoms with van der Waals surface area (Å²) in [5, 5.41) is 10.8. The fourth-order valence-corrected chi connectivity index (χ4v) is 2.56. The Morgan fingerprint density at radius 2 is 1.96 bits per heavy atom. The van der Waals surface area contributed by atoms with Crippen molar-refractivity contribution in [3.63, 3.8) is 0 Å². The van der Waals surface area contributed by atoms with Crippen molar-refractivity contribution >= 4 is 11.6 Å². The van der Waals surface area contributed by atoms with Gasteiger partial charge in [-0.05, 0) is 43.5 Å². The lowest BCUT2D eigenvalue weighted by Crippen LogP contribution is -2.18. The summed E-state index contributed by atoms with van der Waals surface area (Å²) < 4.78 is 7.51. The number of carbonyl (C=O) groups excluding carboxylic acids is 1. The van der Waals surface area contributed by atoms with E-state index in [0.717, 1.165) is 23.5 Å². The van der Waals surface area contributed by atoms with Crippen LogP contribution < -0.4 is 5.32 Å². The van der Waals surface area contributed by atoms with Gasteiger partial charge in [0, 0.05) is 18.3 Å². The molecule has 1 heterocycles. The van der Waals surface area contributed by atoms with E-state index in [1.165, 1.54) is 0 Å². The molecule has 0 aliphatic rings. The number of aryl methyl sites for hydroxylation is 1. The Kier molecular flexibility index (Phi) is 6.49. The highest BCUT2D eigenvalue weighted by molar-refractivity contribution is 5.90. The zero-order valence-corrected chi connectivity index (χ0v) is 14.8. The minimum atomic E-state index is -0.0434. The molecule has 1 unspecified atom stereocenters. The largest absolute Gasteiger partial charge is 0.378 e. The molecule has 1 N–H and O–H groups in total. The molecule has 0 aliphatic heterocycles. The van der Waals surface area contributed by atoms with Crippen LogP contribution in [0.4, 0.5) is 5.69 Å². The number of benzene rings is 1. The summed E-state index contributed by atoms with van der Waals surface area (Å²) in [6.45, 7) is 6.81. The minimum Gasteiger partial charge on any atom is -0.378 e. The number of carbonyl (C=O) groups is 1. The number of ether oxygens (including phenoxy) is 1. The van der Waals surface area contributed by atoms with Crippen LogP contribution in [0.15, 0.2) is 30.6 Å². The lowest BCUT2D eigenvalue weighted by Gasteiger charge is -2.15. The molecule has 1 aromatic carbocycles. The Balaban J connectivity index is 1.79. The molecule has 0 aliphatic carbocycles. The first kappa shape index (κ1) is 18.1. The molecule has 0 fully saturated rings. The van der Waals surface area contributed by atoms with Crippen LogP contribution in [-0.2, 0) is 16.6 Å². The predicted molar refractivity (Wildman–Crippen MR) is 94.6 cm³/mol. The second-order valence-corrected chi connectivity index (χ2v) is 6.45. The molecular weight excluding hydrogens is 304 g/mol. The Morgan fingerprint density at radius 3 is 2.54 bits per heavy atom. The summed E-state index contributed by atoms with van der Waals surface area (Å²) in [5.41, 5.74) is 1.72. The molecule has 1 aromatic heterocycles. The maximum Gasteiger partial charge on any atom is 0.226 e. The lowest BCUT2D eigenvalue weighted by molar-refractivity contribution is -0.117. The van der Waals surface area contributed by atoms with E-state index in [1.54, 1.807) is 6.33 Å². The maximum absolute atomic E-state index is 12.0. The van der Waals surface area contributed by atoms with Crippen LogP contribution in [0.5, 0.6) is 0 Å². The Labute approximate surface area is 143 Å². The Morgan fingerprint density at radius 1 is 1.25 bits per heavy atom. The van der Waals surface area contributed by atoms with Gasteiger partial charge in [-0.15, -0.1) is 10.2 Å². The standard InChI is InChI=1S/C18H26N4O2/c1-13(2)11-14(3)24-10-9-17(23)20-16-7-5-15(6-8-16)18-21-19-12-22(18)4/h5-8,12-14H,9-11H2,1-4H3,(H,20,23). The highest BCUT2D eigenvalue weighted by Crippen LogP contribution is 2.18. The molecule has 130 valence electrons. The van der Waals surface area contributed by atoms with E-state index in [9.17, 15) is 4.79 Å². The number of anilines is 1.